The molecule has 1 saturated heterocycles. The minimum atomic E-state index is -3.67. The van der Waals surface area contributed by atoms with Gasteiger partial charge >= 0.3 is 6.29 Å². The minimum Gasteiger partial charge on any atom is -0.412 e. The maximum atomic E-state index is 13.1. The Hall–Kier alpha value is -5.21. The third kappa shape index (κ3) is 15.4. The van der Waals surface area contributed by atoms with Crippen LogP contribution < -0.4 is 26.3 Å². The standard InChI is InChI=1S/C14H11F2NO2.C9H20N4O2.C8H10ClN5O3S.H3N.H2O/c1-3-9(8-17)10(4-2)11-6-5-7-12-13(11)19-14(15,16)18-12;1-4-6-8(5-2)7-11-9(10-3)12-13(14)15;1-12-4-17-5-13(8(12)11-14(15)16)3-6-2-10-7(9)18-6;;/h3-7H,1-2H3;8H,4-7H2,1-3H3,(H2,10,11,12);2H,3-5H2,1H3;1H3;1H2/b9-3-,10-4+;;11-8+;;. The van der Waals surface area contributed by atoms with Crippen LogP contribution in [-0.2, 0) is 11.3 Å². The van der Waals surface area contributed by atoms with E-state index in [-0.39, 0.29) is 48.5 Å². The molecule has 23 heteroatoms. The second-order valence-electron chi connectivity index (χ2n) is 10.8. The minimum absolute atomic E-state index is 0. The molecule has 2 aliphatic heterocycles. The zero-order chi connectivity index (χ0) is 38.8. The topological polar surface area (TPSA) is 272 Å². The summed E-state index contributed by atoms with van der Waals surface area (Å²) in [7, 11) is 3.28. The van der Waals surface area contributed by atoms with Crippen molar-refractivity contribution in [2.45, 2.75) is 59.8 Å². The Bertz CT molecular complexity index is 1690. The second-order valence-corrected chi connectivity index (χ2v) is 12.5. The molecule has 0 spiro atoms. The van der Waals surface area contributed by atoms with Crippen molar-refractivity contribution in [2.24, 2.45) is 16.1 Å². The van der Waals surface area contributed by atoms with Crippen molar-refractivity contribution in [2.75, 3.05) is 34.1 Å². The number of alkyl halides is 2. The van der Waals surface area contributed by atoms with Gasteiger partial charge in [0, 0.05) is 37.3 Å². The molecule has 4 rings (SSSR count). The number of aromatic nitrogens is 1. The van der Waals surface area contributed by atoms with E-state index in [1.54, 1.807) is 68.2 Å². The first-order valence-electron chi connectivity index (χ1n) is 15.9. The van der Waals surface area contributed by atoms with Crippen molar-refractivity contribution in [3.8, 4) is 17.6 Å². The highest BCUT2D eigenvalue weighted by Gasteiger charge is 2.44. The molecule has 1 atom stereocenters. The maximum Gasteiger partial charge on any atom is 0.586 e. The summed E-state index contributed by atoms with van der Waals surface area (Å²) in [6.45, 7) is 9.33. The highest BCUT2D eigenvalue weighted by Crippen LogP contribution is 2.46. The van der Waals surface area contributed by atoms with Gasteiger partial charge in [-0.25, -0.2) is 25.2 Å². The molecule has 0 aliphatic carbocycles. The largest absolute Gasteiger partial charge is 0.586 e. The van der Waals surface area contributed by atoms with E-state index in [4.69, 9.17) is 21.6 Å². The van der Waals surface area contributed by atoms with Crippen molar-refractivity contribution >= 4 is 40.4 Å². The van der Waals surface area contributed by atoms with E-state index < -0.39 is 16.4 Å². The van der Waals surface area contributed by atoms with Crippen LogP contribution in [0.3, 0.4) is 0 Å². The van der Waals surface area contributed by atoms with Crippen molar-refractivity contribution in [3.05, 3.63) is 77.3 Å². The van der Waals surface area contributed by atoms with E-state index in [2.05, 4.69) is 49.1 Å². The zero-order valence-corrected chi connectivity index (χ0v) is 32.2. The Labute approximate surface area is 320 Å². The second kappa shape index (κ2) is 24.2. The average molecular weight is 806 g/mol. The highest BCUT2D eigenvalue weighted by atomic mass is 35.5. The zero-order valence-electron chi connectivity index (χ0n) is 30.7. The van der Waals surface area contributed by atoms with Gasteiger partial charge in [-0.15, -0.1) is 20.1 Å². The van der Waals surface area contributed by atoms with Crippen LogP contribution in [0.1, 0.15) is 57.4 Å². The van der Waals surface area contributed by atoms with Gasteiger partial charge in [-0.1, -0.05) is 62.6 Å². The monoisotopic (exact) mass is 805 g/mol. The van der Waals surface area contributed by atoms with Crippen LogP contribution in [0.25, 0.3) is 5.57 Å². The van der Waals surface area contributed by atoms with Gasteiger partial charge in [0.1, 0.15) is 23.7 Å². The fourth-order valence-corrected chi connectivity index (χ4v) is 5.79. The van der Waals surface area contributed by atoms with Gasteiger partial charge in [0.05, 0.1) is 18.2 Å². The SMILES string of the molecule is C/C=C(C#N)\C(=C/C)c1cccc2c1OC(F)(F)O2.CCCC(CC)CN/C(=N/[N+](=O)[O-])NC.CN1COCN(Cc2cnc(Cl)s2)/C1=N/[N+](=O)[O-].N.O. The van der Waals surface area contributed by atoms with Crippen molar-refractivity contribution < 1.29 is 38.5 Å². The molecule has 3 heterocycles. The number of hydrazone groups is 2. The molecule has 300 valence electrons. The van der Waals surface area contributed by atoms with Gasteiger partial charge in [-0.05, 0) is 37.8 Å². The average Bonchev–Trinajstić information content (AvgIpc) is 3.66. The quantitative estimate of drug-likeness (QED) is 0.0640. The number of fused-ring (bicyclic) bond motifs is 1. The molecule has 54 heavy (non-hydrogen) atoms. The molecule has 0 radical (unpaired) electrons. The number of nitrogens with zero attached hydrogens (tertiary/aromatic N) is 8. The highest BCUT2D eigenvalue weighted by molar-refractivity contribution is 7.15. The molecule has 2 aromatic rings. The number of guanidine groups is 2. The molecule has 0 saturated carbocycles. The number of rotatable bonds is 11. The van der Waals surface area contributed by atoms with Gasteiger partial charge in [0.15, 0.2) is 26.0 Å². The number of nitro groups is 2. The Balaban J connectivity index is 0.000000773. The molecule has 1 fully saturated rings. The predicted molar refractivity (Wildman–Crippen MR) is 200 cm³/mol. The third-order valence-corrected chi connectivity index (χ3v) is 8.26. The van der Waals surface area contributed by atoms with Gasteiger partial charge in [0.2, 0.25) is 0 Å². The van der Waals surface area contributed by atoms with Crippen LogP contribution in [-0.4, -0.2) is 82.6 Å². The number of nitrogens with one attached hydrogen (secondary N) is 2. The number of para-hydroxylation sites is 1. The normalized spacial score (nSPS) is 15.9. The number of thiazole rings is 1. The summed E-state index contributed by atoms with van der Waals surface area (Å²) in [5.74, 6) is 0.941. The molecule has 0 bridgehead atoms. The van der Waals surface area contributed by atoms with E-state index in [1.165, 1.54) is 17.4 Å². The molecule has 0 amide bonds. The van der Waals surface area contributed by atoms with E-state index >= 15 is 0 Å². The van der Waals surface area contributed by atoms with Crippen LogP contribution >= 0.6 is 22.9 Å². The number of halogens is 3. The molecular weight excluding hydrogens is 760 g/mol. The number of allylic oxidation sites excluding steroid dienone is 4. The Kier molecular flexibility index (Phi) is 21.8. The number of ether oxygens (including phenoxy) is 3. The molecular formula is C31H46ClF2N11O8S. The number of nitriles is 1. The van der Waals surface area contributed by atoms with Crippen molar-refractivity contribution in [1.82, 2.24) is 31.6 Å². The Morgan fingerprint density at radius 3 is 2.44 bits per heavy atom. The van der Waals surface area contributed by atoms with E-state index in [9.17, 15) is 29.0 Å². The van der Waals surface area contributed by atoms with E-state index in [0.29, 0.717) is 33.6 Å². The van der Waals surface area contributed by atoms with Crippen LogP contribution in [0.5, 0.6) is 11.5 Å². The Morgan fingerprint density at radius 1 is 1.22 bits per heavy atom. The lowest BCUT2D eigenvalue weighted by Crippen LogP contribution is -2.49. The van der Waals surface area contributed by atoms with Crippen molar-refractivity contribution in [3.63, 3.8) is 0 Å². The Morgan fingerprint density at radius 2 is 1.93 bits per heavy atom. The summed E-state index contributed by atoms with van der Waals surface area (Å²) in [5, 5.41) is 40.4. The third-order valence-electron chi connectivity index (χ3n) is 7.16. The fourth-order valence-electron chi connectivity index (χ4n) is 4.79. The van der Waals surface area contributed by atoms with Gasteiger partial charge in [-0.3, -0.25) is 0 Å². The van der Waals surface area contributed by atoms with Gasteiger partial charge in [-0.2, -0.15) is 5.26 Å². The van der Waals surface area contributed by atoms with E-state index in [0.717, 1.165) is 30.7 Å². The molecule has 1 aromatic heterocycles. The summed E-state index contributed by atoms with van der Waals surface area (Å²) in [5.41, 5.74) is 1.32. The van der Waals surface area contributed by atoms with Gasteiger partial charge in [0.25, 0.3) is 11.9 Å². The van der Waals surface area contributed by atoms with E-state index in [1.807, 2.05) is 6.07 Å². The van der Waals surface area contributed by atoms with Crippen LogP contribution in [0, 0.1) is 37.5 Å². The lowest BCUT2D eigenvalue weighted by Gasteiger charge is -2.34. The lowest BCUT2D eigenvalue weighted by atomic mass is 9.97. The summed E-state index contributed by atoms with van der Waals surface area (Å²) < 4.78 is 40.8. The first kappa shape index (κ1) is 48.8. The van der Waals surface area contributed by atoms with Gasteiger partial charge < -0.3 is 46.3 Å². The smallest absolute Gasteiger partial charge is 0.412 e. The molecule has 2 aliphatic rings. The molecule has 7 N–H and O–H groups in total. The number of hydrogen-bond acceptors (Lipinski definition) is 11. The summed E-state index contributed by atoms with van der Waals surface area (Å²) >= 11 is 7.05. The summed E-state index contributed by atoms with van der Waals surface area (Å²) in [6.07, 6.45) is 4.57. The molecule has 1 unspecified atom stereocenters. The first-order chi connectivity index (χ1) is 24.7. The predicted octanol–water partition coefficient (Wildman–Crippen LogP) is 5.41. The molecule has 1 aromatic carbocycles. The molecule has 19 nitrogen and oxygen atoms in total. The maximum absolute atomic E-state index is 13.1. The van der Waals surface area contributed by atoms with Crippen LogP contribution in [0.2, 0.25) is 4.47 Å². The fraction of sp³-hybridized carbons (Fsp3) is 0.484. The number of hydrogen-bond donors (Lipinski definition) is 3. The van der Waals surface area contributed by atoms with Crippen molar-refractivity contribution in [1.29, 1.82) is 5.26 Å². The summed E-state index contributed by atoms with van der Waals surface area (Å²) in [4.78, 5) is 28.7. The number of benzene rings is 1. The van der Waals surface area contributed by atoms with Crippen LogP contribution in [0.15, 0.2) is 52.3 Å². The van der Waals surface area contributed by atoms with Crippen LogP contribution in [0.4, 0.5) is 8.78 Å². The lowest BCUT2D eigenvalue weighted by molar-refractivity contribution is -0.486. The first-order valence-corrected chi connectivity index (χ1v) is 17.1. The summed E-state index contributed by atoms with van der Waals surface area (Å²) in [6, 6.07) is 6.61.